The number of ether oxygens (including phenoxy) is 3. The lowest BCUT2D eigenvalue weighted by Crippen LogP contribution is -2.45. The Morgan fingerprint density at radius 1 is 0.900 bits per heavy atom. The van der Waals surface area contributed by atoms with Crippen LogP contribution in [0.15, 0.2) is 24.8 Å². The highest BCUT2D eigenvalue weighted by atomic mass is 16.7. The van der Waals surface area contributed by atoms with Crippen molar-refractivity contribution in [3.63, 3.8) is 0 Å². The van der Waals surface area contributed by atoms with Crippen molar-refractivity contribution in [1.82, 2.24) is 19.9 Å². The lowest BCUT2D eigenvalue weighted by Gasteiger charge is -2.29. The number of rotatable bonds is 2. The number of nitrogens with one attached hydrogen (secondary N) is 2. The van der Waals surface area contributed by atoms with Crippen LogP contribution in [-0.4, -0.2) is 86.3 Å². The first-order chi connectivity index (χ1) is 19.2. The normalized spacial score (nSPS) is 42.5. The number of nitrogens with zero attached hydrogens (tertiary/aromatic N) is 4. The molecule has 3 unspecified atom stereocenters. The maximum absolute atomic E-state index is 11.2. The topological polar surface area (TPSA) is 222 Å². The van der Waals surface area contributed by atoms with E-state index in [0.717, 1.165) is 29.1 Å². The predicted molar refractivity (Wildman–Crippen MR) is 142 cm³/mol. The van der Waals surface area contributed by atoms with Gasteiger partial charge in [-0.05, 0) is 26.2 Å². The molecule has 0 aromatic carbocycles. The molecule has 0 spiro atoms. The van der Waals surface area contributed by atoms with E-state index in [4.69, 9.17) is 31.4 Å². The zero-order valence-corrected chi connectivity index (χ0v) is 22.1. The number of aliphatic hydroxyl groups is 2. The Morgan fingerprint density at radius 2 is 1.55 bits per heavy atom. The van der Waals surface area contributed by atoms with Gasteiger partial charge in [-0.1, -0.05) is 12.2 Å². The van der Waals surface area contributed by atoms with Crippen LogP contribution in [0.25, 0.3) is 0 Å². The average molecular weight is 554 g/mol. The summed E-state index contributed by atoms with van der Waals surface area (Å²) in [6.07, 6.45) is 3.57. The van der Waals surface area contributed by atoms with Gasteiger partial charge >= 0.3 is 0 Å². The van der Waals surface area contributed by atoms with Crippen molar-refractivity contribution in [3.05, 3.63) is 47.3 Å². The summed E-state index contributed by atoms with van der Waals surface area (Å²) in [5, 5.41) is 28.3. The fourth-order valence-electron chi connectivity index (χ4n) is 6.66. The van der Waals surface area contributed by atoms with E-state index >= 15 is 0 Å². The highest BCUT2D eigenvalue weighted by molar-refractivity contribution is 5.67. The Labute approximate surface area is 230 Å². The molecule has 40 heavy (non-hydrogen) atoms. The maximum Gasteiger partial charge on any atom is 0.179 e. The molecule has 14 heteroatoms. The fraction of sp³-hybridized carbons (Fsp3) is 0.615. The molecule has 3 aliphatic heterocycles. The SMILES string of the molecule is CC12CC[C@H]3O[C@@H](N)[C@H](O)[C@@H]3CC3(OC4O[C@@H](N)[C@H](O)[C@@H]4N)c4ncnc(c43)NC/C=C/CNc3ncnc1c32. The third kappa shape index (κ3) is 3.94. The second kappa shape index (κ2) is 9.36. The van der Waals surface area contributed by atoms with Gasteiger partial charge in [-0.25, -0.2) is 19.9 Å². The monoisotopic (exact) mass is 553 g/mol. The summed E-state index contributed by atoms with van der Waals surface area (Å²) in [5.41, 5.74) is 20.6. The highest BCUT2D eigenvalue weighted by Crippen LogP contribution is 2.60. The molecule has 14 nitrogen and oxygen atoms in total. The van der Waals surface area contributed by atoms with Crippen LogP contribution in [0, 0.1) is 5.92 Å². The molecule has 5 aliphatic rings. The molecule has 2 aromatic heterocycles. The molecule has 10 atom stereocenters. The molecular formula is C26H35N9O5. The maximum atomic E-state index is 11.2. The second-order valence-electron chi connectivity index (χ2n) is 11.5. The first-order valence-corrected chi connectivity index (χ1v) is 13.7. The summed E-state index contributed by atoms with van der Waals surface area (Å²) in [4.78, 5) is 18.0. The summed E-state index contributed by atoms with van der Waals surface area (Å²) >= 11 is 0. The van der Waals surface area contributed by atoms with Gasteiger partial charge in [-0.2, -0.15) is 0 Å². The van der Waals surface area contributed by atoms with Crippen LogP contribution in [0.4, 0.5) is 11.6 Å². The average Bonchev–Trinajstić information content (AvgIpc) is 3.71. The Morgan fingerprint density at radius 3 is 2.23 bits per heavy atom. The fourth-order valence-corrected chi connectivity index (χ4v) is 6.66. The molecule has 2 aromatic rings. The largest absolute Gasteiger partial charge is 0.389 e. The first kappa shape index (κ1) is 26.1. The van der Waals surface area contributed by atoms with Gasteiger partial charge in [0.1, 0.15) is 48.5 Å². The molecule has 214 valence electrons. The number of hydrogen-bond donors (Lipinski definition) is 7. The lowest BCUT2D eigenvalue weighted by atomic mass is 9.85. The van der Waals surface area contributed by atoms with E-state index in [1.54, 1.807) is 6.33 Å². The van der Waals surface area contributed by atoms with E-state index in [1.165, 1.54) is 6.33 Å². The minimum absolute atomic E-state index is 0.240. The molecule has 0 amide bonds. The van der Waals surface area contributed by atoms with E-state index in [1.807, 2.05) is 12.2 Å². The van der Waals surface area contributed by atoms with Crippen molar-refractivity contribution in [2.75, 3.05) is 23.7 Å². The Bertz CT molecular complexity index is 1350. The van der Waals surface area contributed by atoms with E-state index in [0.29, 0.717) is 37.4 Å². The molecule has 7 rings (SSSR count). The van der Waals surface area contributed by atoms with Crippen molar-refractivity contribution >= 4 is 11.6 Å². The minimum atomic E-state index is -1.09. The van der Waals surface area contributed by atoms with Gasteiger partial charge in [0, 0.05) is 30.0 Å². The van der Waals surface area contributed by atoms with E-state index < -0.39 is 48.5 Å². The van der Waals surface area contributed by atoms with Gasteiger partial charge in [0.25, 0.3) is 0 Å². The summed E-state index contributed by atoms with van der Waals surface area (Å²) in [7, 11) is 0. The van der Waals surface area contributed by atoms with Crippen molar-refractivity contribution in [3.8, 4) is 0 Å². The number of nitrogens with two attached hydrogens (primary N) is 3. The number of aromatic nitrogens is 4. The number of aliphatic hydroxyl groups excluding tert-OH is 2. The van der Waals surface area contributed by atoms with E-state index in [2.05, 4.69) is 37.5 Å². The van der Waals surface area contributed by atoms with Crippen molar-refractivity contribution in [1.29, 1.82) is 0 Å². The smallest absolute Gasteiger partial charge is 0.179 e. The second-order valence-corrected chi connectivity index (χ2v) is 11.5. The van der Waals surface area contributed by atoms with Crippen LogP contribution in [0.2, 0.25) is 0 Å². The molecule has 2 saturated heterocycles. The summed E-state index contributed by atoms with van der Waals surface area (Å²) in [6, 6.07) is -0.864. The van der Waals surface area contributed by atoms with Crippen LogP contribution in [0.5, 0.6) is 0 Å². The van der Waals surface area contributed by atoms with Crippen LogP contribution in [-0.2, 0) is 25.2 Å². The Balaban J connectivity index is 1.23. The zero-order valence-electron chi connectivity index (χ0n) is 22.1. The van der Waals surface area contributed by atoms with Gasteiger partial charge in [-0.3, -0.25) is 0 Å². The van der Waals surface area contributed by atoms with Gasteiger partial charge in [0.05, 0.1) is 35.2 Å². The van der Waals surface area contributed by atoms with Crippen molar-refractivity contribution < 1.29 is 24.4 Å². The standard InChI is InChI=1S/C26H35N9O5/c1-25-5-4-12-11(16(36)20(28)38-12)8-26(40-24-15(27)17(37)21(29)39-24)14-19(26)33-10-35-23(14)31-7-3-2-6-30-22-13(25)18(25)32-9-34-22/h2-3,9-12,15-17,20-21,24,36-37H,4-8,27-29H2,1H3,(H,30,32,34)(H,31,33,35)/b3-2+/t11-,12-,15+,16-,17-,20-,21-,24?,25?,26?/m1/s1. The van der Waals surface area contributed by atoms with Crippen molar-refractivity contribution in [2.24, 2.45) is 23.1 Å². The quantitative estimate of drug-likeness (QED) is 0.215. The van der Waals surface area contributed by atoms with Gasteiger partial charge in [0.15, 0.2) is 6.29 Å². The van der Waals surface area contributed by atoms with Gasteiger partial charge in [-0.15, -0.1) is 0 Å². The number of anilines is 2. The summed E-state index contributed by atoms with van der Waals surface area (Å²) < 4.78 is 18.3. The first-order valence-electron chi connectivity index (χ1n) is 13.7. The third-order valence-corrected chi connectivity index (χ3v) is 9.06. The van der Waals surface area contributed by atoms with Crippen LogP contribution in [0.3, 0.4) is 0 Å². The van der Waals surface area contributed by atoms with E-state index in [9.17, 15) is 10.2 Å². The lowest BCUT2D eigenvalue weighted by molar-refractivity contribution is -0.190. The zero-order chi connectivity index (χ0) is 27.8. The predicted octanol–water partition coefficient (Wildman–Crippen LogP) is -1.29. The van der Waals surface area contributed by atoms with Crippen LogP contribution in [0.1, 0.15) is 48.7 Å². The van der Waals surface area contributed by atoms with Gasteiger partial charge in [0.2, 0.25) is 0 Å². The Hall–Kier alpha value is -2.82. The molecule has 2 fully saturated rings. The highest BCUT2D eigenvalue weighted by Gasteiger charge is 2.63. The minimum Gasteiger partial charge on any atom is -0.389 e. The Kier molecular flexibility index (Phi) is 6.11. The van der Waals surface area contributed by atoms with E-state index in [-0.39, 0.29) is 11.5 Å². The molecular weight excluding hydrogens is 518 g/mol. The number of fused-ring (bicyclic) bond motifs is 3. The molecule has 0 saturated carbocycles. The molecule has 5 heterocycles. The van der Waals surface area contributed by atoms with Gasteiger partial charge < -0.3 is 52.3 Å². The summed E-state index contributed by atoms with van der Waals surface area (Å²) in [6.45, 7) is 3.26. The third-order valence-electron chi connectivity index (χ3n) is 9.06. The van der Waals surface area contributed by atoms with Crippen LogP contribution >= 0.6 is 0 Å². The molecule has 0 bridgehead atoms. The van der Waals surface area contributed by atoms with Crippen LogP contribution < -0.4 is 27.8 Å². The van der Waals surface area contributed by atoms with Crippen molar-refractivity contribution in [2.45, 2.75) is 80.3 Å². The molecule has 0 radical (unpaired) electrons. The molecule has 2 aliphatic carbocycles. The summed E-state index contributed by atoms with van der Waals surface area (Å²) in [5.74, 6) is 1.05. The number of hydrogen-bond acceptors (Lipinski definition) is 14. The molecule has 10 N–H and O–H groups in total.